The van der Waals surface area contributed by atoms with Gasteiger partial charge in [0.15, 0.2) is 0 Å². The molecule has 0 radical (unpaired) electrons. The van der Waals surface area contributed by atoms with Gasteiger partial charge in [-0.1, -0.05) is 0 Å². The number of phenolic OH excluding ortho intramolecular Hbond substituents is 2. The number of aliphatic carboxylic acids is 1. The van der Waals surface area contributed by atoms with Crippen molar-refractivity contribution >= 4 is 11.9 Å². The van der Waals surface area contributed by atoms with E-state index < -0.39 is 11.9 Å². The van der Waals surface area contributed by atoms with Gasteiger partial charge in [0, 0.05) is 37.3 Å². The molecule has 0 saturated heterocycles. The molecule has 0 aromatic heterocycles. The van der Waals surface area contributed by atoms with E-state index in [9.17, 15) is 24.9 Å². The normalized spacial score (nSPS) is 11.0. The van der Waals surface area contributed by atoms with E-state index in [-0.39, 0.29) is 50.8 Å². The van der Waals surface area contributed by atoms with E-state index >= 15 is 0 Å². The Kier molecular flexibility index (Phi) is 10.4. The topological polar surface area (TPSA) is 129 Å². The molecule has 10 heteroatoms. The summed E-state index contributed by atoms with van der Waals surface area (Å²) in [6, 6.07) is 9.57. The molecule has 0 aliphatic carbocycles. The second kappa shape index (κ2) is 13.3. The van der Waals surface area contributed by atoms with Gasteiger partial charge in [0.1, 0.15) is 23.0 Å². The van der Waals surface area contributed by atoms with Crippen LogP contribution in [0.4, 0.5) is 0 Å². The molecule has 0 aliphatic rings. The number of carbonyl (C=O) groups is 2. The zero-order valence-electron chi connectivity index (χ0n) is 19.7. The van der Waals surface area contributed by atoms with Gasteiger partial charge in [0.2, 0.25) is 0 Å². The lowest BCUT2D eigenvalue weighted by molar-refractivity contribution is -0.145. The van der Waals surface area contributed by atoms with Crippen molar-refractivity contribution in [3.8, 4) is 23.0 Å². The molecule has 0 heterocycles. The van der Waals surface area contributed by atoms with Crippen LogP contribution in [0.3, 0.4) is 0 Å². The third kappa shape index (κ3) is 8.45. The average Bonchev–Trinajstić information content (AvgIpc) is 2.79. The van der Waals surface area contributed by atoms with Gasteiger partial charge in [-0.2, -0.15) is 0 Å². The van der Waals surface area contributed by atoms with E-state index in [4.69, 9.17) is 14.2 Å². The van der Waals surface area contributed by atoms with Gasteiger partial charge >= 0.3 is 11.9 Å². The molecule has 0 saturated carbocycles. The van der Waals surface area contributed by atoms with Gasteiger partial charge in [-0.25, -0.2) is 0 Å². The lowest BCUT2D eigenvalue weighted by Gasteiger charge is -2.27. The van der Waals surface area contributed by atoms with E-state index in [0.29, 0.717) is 29.2 Å². The minimum absolute atomic E-state index is 0.0286. The highest BCUT2D eigenvalue weighted by atomic mass is 16.5. The Balaban J connectivity index is 2.19. The van der Waals surface area contributed by atoms with Crippen LogP contribution < -0.4 is 9.47 Å². The fraction of sp³-hybridized carbons (Fsp3) is 0.417. The summed E-state index contributed by atoms with van der Waals surface area (Å²) in [7, 11) is 3.02. The zero-order valence-corrected chi connectivity index (χ0v) is 19.7. The fourth-order valence-corrected chi connectivity index (χ4v) is 3.40. The molecular weight excluding hydrogens is 444 g/mol. The van der Waals surface area contributed by atoms with Crippen molar-refractivity contribution < 1.29 is 39.1 Å². The number of hydrogen-bond acceptors (Lipinski definition) is 9. The second-order valence-corrected chi connectivity index (χ2v) is 7.61. The lowest BCUT2D eigenvalue weighted by Crippen LogP contribution is -2.39. The molecule has 2 aromatic rings. The van der Waals surface area contributed by atoms with Crippen LogP contribution in [-0.2, 0) is 27.4 Å². The number of rotatable bonds is 14. The van der Waals surface area contributed by atoms with E-state index in [1.807, 2.05) is 0 Å². The summed E-state index contributed by atoms with van der Waals surface area (Å²) in [5.74, 6) is -0.269. The first-order valence-corrected chi connectivity index (χ1v) is 10.8. The predicted octanol–water partition coefficient (Wildman–Crippen LogP) is 2.07. The van der Waals surface area contributed by atoms with E-state index in [2.05, 4.69) is 0 Å². The standard InChI is InChI=1S/C24H32N2O8/c1-4-34-24(31)16-26(14-18-12-20(33-3)6-8-22(18)28)10-9-25(15-23(29)30)13-17-11-19(32-2)5-7-21(17)27/h5-8,11-12,27-28H,4,9-10,13-16H2,1-3H3,(H,29,30). The number of esters is 1. The number of methoxy groups -OCH3 is 2. The van der Waals surface area contributed by atoms with Crippen molar-refractivity contribution in [1.82, 2.24) is 9.80 Å². The number of ether oxygens (including phenoxy) is 3. The largest absolute Gasteiger partial charge is 0.508 e. The minimum atomic E-state index is -1.02. The number of carboxylic acids is 1. The Morgan fingerprint density at radius 1 is 0.824 bits per heavy atom. The highest BCUT2D eigenvalue weighted by Gasteiger charge is 2.19. The first kappa shape index (κ1) is 26.7. The van der Waals surface area contributed by atoms with E-state index in [1.54, 1.807) is 41.0 Å². The SMILES string of the molecule is CCOC(=O)CN(CCN(CC(=O)O)Cc1cc(OC)ccc1O)Cc1cc(OC)ccc1O. The molecule has 186 valence electrons. The Morgan fingerprint density at radius 2 is 1.29 bits per heavy atom. The Labute approximate surface area is 198 Å². The zero-order chi connectivity index (χ0) is 25.1. The van der Waals surface area contributed by atoms with Gasteiger partial charge in [-0.05, 0) is 43.3 Å². The average molecular weight is 477 g/mol. The lowest BCUT2D eigenvalue weighted by atomic mass is 10.1. The van der Waals surface area contributed by atoms with Crippen molar-refractivity contribution in [1.29, 1.82) is 0 Å². The molecule has 0 fully saturated rings. The van der Waals surface area contributed by atoms with Gasteiger partial charge in [-0.3, -0.25) is 19.4 Å². The maximum Gasteiger partial charge on any atom is 0.320 e. The Bertz CT molecular complexity index is 966. The summed E-state index contributed by atoms with van der Waals surface area (Å²) in [5.41, 5.74) is 1.07. The summed E-state index contributed by atoms with van der Waals surface area (Å²) in [4.78, 5) is 27.0. The number of aromatic hydroxyl groups is 2. The summed E-state index contributed by atoms with van der Waals surface area (Å²) < 4.78 is 15.5. The molecule has 2 aromatic carbocycles. The number of carbonyl (C=O) groups excluding carboxylic acids is 1. The summed E-state index contributed by atoms with van der Waals surface area (Å²) in [5, 5.41) is 29.8. The third-order valence-corrected chi connectivity index (χ3v) is 5.11. The van der Waals surface area contributed by atoms with Crippen LogP contribution in [0.1, 0.15) is 18.1 Å². The number of benzene rings is 2. The number of nitrogens with zero attached hydrogens (tertiary/aromatic N) is 2. The molecule has 0 atom stereocenters. The smallest absolute Gasteiger partial charge is 0.320 e. The van der Waals surface area contributed by atoms with Crippen molar-refractivity contribution in [3.63, 3.8) is 0 Å². The molecule has 0 amide bonds. The molecule has 3 N–H and O–H groups in total. The monoisotopic (exact) mass is 476 g/mol. The summed E-state index contributed by atoms with van der Waals surface area (Å²) in [6.45, 7) is 2.58. The number of phenols is 2. The maximum absolute atomic E-state index is 12.2. The molecule has 0 unspecified atom stereocenters. The Hall–Kier alpha value is -3.50. The first-order chi connectivity index (χ1) is 16.2. The number of hydrogen-bond donors (Lipinski definition) is 3. The van der Waals surface area contributed by atoms with Crippen LogP contribution in [0.5, 0.6) is 23.0 Å². The van der Waals surface area contributed by atoms with E-state index in [1.165, 1.54) is 26.4 Å². The molecule has 34 heavy (non-hydrogen) atoms. The van der Waals surface area contributed by atoms with Crippen LogP contribution in [-0.4, -0.2) is 84.1 Å². The van der Waals surface area contributed by atoms with Gasteiger partial charge in [0.05, 0.1) is 33.9 Å². The van der Waals surface area contributed by atoms with Gasteiger partial charge in [0.25, 0.3) is 0 Å². The first-order valence-electron chi connectivity index (χ1n) is 10.8. The highest BCUT2D eigenvalue weighted by molar-refractivity contribution is 5.71. The van der Waals surface area contributed by atoms with E-state index in [0.717, 1.165) is 0 Å². The Morgan fingerprint density at radius 3 is 1.71 bits per heavy atom. The van der Waals surface area contributed by atoms with Crippen LogP contribution in [0.15, 0.2) is 36.4 Å². The van der Waals surface area contributed by atoms with Crippen LogP contribution in [0.25, 0.3) is 0 Å². The molecule has 10 nitrogen and oxygen atoms in total. The number of carboxylic acid groups (broad SMARTS) is 1. The van der Waals surface area contributed by atoms with Gasteiger partial charge in [-0.15, -0.1) is 0 Å². The molecular formula is C24H32N2O8. The summed E-state index contributed by atoms with van der Waals surface area (Å²) in [6.07, 6.45) is 0. The summed E-state index contributed by atoms with van der Waals surface area (Å²) >= 11 is 0. The quantitative estimate of drug-likeness (QED) is 0.349. The maximum atomic E-state index is 12.2. The minimum Gasteiger partial charge on any atom is -0.508 e. The molecule has 0 spiro atoms. The van der Waals surface area contributed by atoms with Crippen LogP contribution in [0, 0.1) is 0 Å². The van der Waals surface area contributed by atoms with Gasteiger partial charge < -0.3 is 29.5 Å². The van der Waals surface area contributed by atoms with Crippen LogP contribution >= 0.6 is 0 Å². The van der Waals surface area contributed by atoms with Crippen molar-refractivity contribution in [2.45, 2.75) is 20.0 Å². The van der Waals surface area contributed by atoms with Crippen molar-refractivity contribution in [2.24, 2.45) is 0 Å². The predicted molar refractivity (Wildman–Crippen MR) is 124 cm³/mol. The molecule has 2 rings (SSSR count). The third-order valence-electron chi connectivity index (χ3n) is 5.11. The fourth-order valence-electron chi connectivity index (χ4n) is 3.40. The molecule has 0 bridgehead atoms. The molecule has 0 aliphatic heterocycles. The van der Waals surface area contributed by atoms with Crippen molar-refractivity contribution in [2.75, 3.05) is 47.0 Å². The van der Waals surface area contributed by atoms with Crippen molar-refractivity contribution in [3.05, 3.63) is 47.5 Å². The highest BCUT2D eigenvalue weighted by Crippen LogP contribution is 2.25. The second-order valence-electron chi connectivity index (χ2n) is 7.61. The van der Waals surface area contributed by atoms with Crippen LogP contribution in [0.2, 0.25) is 0 Å².